The van der Waals surface area contributed by atoms with Gasteiger partial charge in [-0.3, -0.25) is 4.79 Å². The zero-order valence-corrected chi connectivity index (χ0v) is 20.7. The first-order valence-electron chi connectivity index (χ1n) is 11.8. The number of benzene rings is 1. The summed E-state index contributed by atoms with van der Waals surface area (Å²) in [5.41, 5.74) is 4.95. The lowest BCUT2D eigenvalue weighted by Gasteiger charge is -2.36. The van der Waals surface area contributed by atoms with Gasteiger partial charge in [0.15, 0.2) is 0 Å². The van der Waals surface area contributed by atoms with Crippen LogP contribution in [0.5, 0.6) is 5.75 Å². The number of fused-ring (bicyclic) bond motifs is 1. The highest BCUT2D eigenvalue weighted by Gasteiger charge is 2.29. The maximum absolute atomic E-state index is 12.9. The minimum Gasteiger partial charge on any atom is -0.486 e. The van der Waals surface area contributed by atoms with Crippen molar-refractivity contribution in [1.29, 1.82) is 5.26 Å². The maximum Gasteiger partial charge on any atom is 0.270 e. The van der Waals surface area contributed by atoms with Gasteiger partial charge < -0.3 is 14.2 Å². The highest BCUT2D eigenvalue weighted by atomic mass is 16.5. The number of hydrogen-bond acceptors (Lipinski definition) is 5. The Hall–Kier alpha value is -3.59. The van der Waals surface area contributed by atoms with Crippen LogP contribution >= 0.6 is 0 Å². The molecule has 34 heavy (non-hydrogen) atoms. The Kier molecular flexibility index (Phi) is 6.22. The molecule has 1 saturated heterocycles. The highest BCUT2D eigenvalue weighted by molar-refractivity contribution is 5.92. The number of nitriles is 1. The number of hydrogen-bond donors (Lipinski definition) is 0. The molecule has 0 N–H and O–H groups in total. The average Bonchev–Trinajstić information content (AvgIpc) is 2.82. The monoisotopic (exact) mass is 456 g/mol. The standard InChI is InChI=1S/C28H32N4O2/c1-7-28(4,5)20-9-11-21(12-10-20)34-24-14-15-32(17-18(24)2)26-22(16-29)27(33)31(6)23-13-8-19(3)30-25(23)26/h8-13,24H,2,7,14-15,17H2,1,3-6H3/t24-/m1/s1. The number of piperidine rings is 1. The molecule has 0 spiro atoms. The molecule has 3 heterocycles. The molecule has 0 radical (unpaired) electrons. The van der Waals surface area contributed by atoms with Gasteiger partial charge in [-0.25, -0.2) is 4.98 Å². The smallest absolute Gasteiger partial charge is 0.270 e. The molecule has 4 rings (SSSR count). The third-order valence-electron chi connectivity index (χ3n) is 7.09. The van der Waals surface area contributed by atoms with Crippen LogP contribution in [0.3, 0.4) is 0 Å². The summed E-state index contributed by atoms with van der Waals surface area (Å²) in [5.74, 6) is 0.823. The molecule has 1 atom stereocenters. The minimum atomic E-state index is -0.310. The van der Waals surface area contributed by atoms with Crippen LogP contribution in [0, 0.1) is 18.3 Å². The molecular weight excluding hydrogens is 424 g/mol. The Balaban J connectivity index is 1.59. The van der Waals surface area contributed by atoms with Crippen LogP contribution in [0.25, 0.3) is 11.0 Å². The number of nitrogens with zero attached hydrogens (tertiary/aromatic N) is 4. The van der Waals surface area contributed by atoms with E-state index in [-0.39, 0.29) is 22.6 Å². The maximum atomic E-state index is 12.9. The van der Waals surface area contributed by atoms with Crippen molar-refractivity contribution in [2.45, 2.75) is 52.1 Å². The van der Waals surface area contributed by atoms with Crippen molar-refractivity contribution in [3.63, 3.8) is 0 Å². The van der Waals surface area contributed by atoms with Gasteiger partial charge in [0, 0.05) is 32.3 Å². The van der Waals surface area contributed by atoms with Gasteiger partial charge in [0.25, 0.3) is 5.56 Å². The molecule has 3 aromatic rings. The number of aryl methyl sites for hydroxylation is 2. The summed E-state index contributed by atoms with van der Waals surface area (Å²) in [6.45, 7) is 14.0. The lowest BCUT2D eigenvalue weighted by atomic mass is 9.82. The van der Waals surface area contributed by atoms with Crippen molar-refractivity contribution < 1.29 is 4.74 Å². The van der Waals surface area contributed by atoms with E-state index in [4.69, 9.17) is 9.72 Å². The predicted octanol–water partition coefficient (Wildman–Crippen LogP) is 5.02. The van der Waals surface area contributed by atoms with E-state index >= 15 is 0 Å². The molecule has 176 valence electrons. The van der Waals surface area contributed by atoms with E-state index in [1.54, 1.807) is 7.05 Å². The second-order valence-electron chi connectivity index (χ2n) is 9.76. The number of ether oxygens (including phenoxy) is 1. The number of aromatic nitrogens is 2. The fraction of sp³-hybridized carbons (Fsp3) is 0.393. The Morgan fingerprint density at radius 1 is 1.24 bits per heavy atom. The van der Waals surface area contributed by atoms with Gasteiger partial charge in [-0.2, -0.15) is 5.26 Å². The van der Waals surface area contributed by atoms with Crippen LogP contribution in [0.15, 0.2) is 53.3 Å². The quantitative estimate of drug-likeness (QED) is 0.505. The van der Waals surface area contributed by atoms with E-state index in [0.717, 1.165) is 23.4 Å². The molecule has 0 amide bonds. The van der Waals surface area contributed by atoms with Crippen molar-refractivity contribution in [2.75, 3.05) is 18.0 Å². The van der Waals surface area contributed by atoms with Crippen molar-refractivity contribution in [1.82, 2.24) is 9.55 Å². The van der Waals surface area contributed by atoms with Gasteiger partial charge in [0.05, 0.1) is 11.2 Å². The first-order valence-corrected chi connectivity index (χ1v) is 11.8. The Labute approximate surface area is 201 Å². The van der Waals surface area contributed by atoms with Crippen molar-refractivity contribution in [3.8, 4) is 11.8 Å². The van der Waals surface area contributed by atoms with E-state index in [1.807, 2.05) is 36.1 Å². The Bertz CT molecular complexity index is 1350. The van der Waals surface area contributed by atoms with Crippen LogP contribution in [0.4, 0.5) is 5.69 Å². The molecule has 0 aliphatic carbocycles. The van der Waals surface area contributed by atoms with Crippen LogP contribution in [-0.4, -0.2) is 28.7 Å². The second-order valence-corrected chi connectivity index (χ2v) is 9.76. The molecule has 0 bridgehead atoms. The lowest BCUT2D eigenvalue weighted by molar-refractivity contribution is 0.216. The average molecular weight is 457 g/mol. The third kappa shape index (κ3) is 4.19. The summed E-state index contributed by atoms with van der Waals surface area (Å²) in [4.78, 5) is 19.6. The van der Waals surface area contributed by atoms with Gasteiger partial charge in [-0.15, -0.1) is 0 Å². The topological polar surface area (TPSA) is 71.2 Å². The van der Waals surface area contributed by atoms with Gasteiger partial charge in [0.1, 0.15) is 29.0 Å². The van der Waals surface area contributed by atoms with Gasteiger partial charge >= 0.3 is 0 Å². The Morgan fingerprint density at radius 3 is 2.56 bits per heavy atom. The first kappa shape index (κ1) is 23.6. The van der Waals surface area contributed by atoms with E-state index in [9.17, 15) is 10.1 Å². The van der Waals surface area contributed by atoms with Crippen LogP contribution in [0.1, 0.15) is 50.4 Å². The molecular formula is C28H32N4O2. The fourth-order valence-corrected chi connectivity index (χ4v) is 4.49. The van der Waals surface area contributed by atoms with Gasteiger partial charge in [0.2, 0.25) is 0 Å². The largest absolute Gasteiger partial charge is 0.486 e. The molecule has 1 fully saturated rings. The molecule has 0 unspecified atom stereocenters. The molecule has 6 nitrogen and oxygen atoms in total. The number of anilines is 1. The second kappa shape index (κ2) is 8.98. The van der Waals surface area contributed by atoms with Crippen molar-refractivity contribution >= 4 is 16.7 Å². The minimum absolute atomic E-state index is 0.120. The summed E-state index contributed by atoms with van der Waals surface area (Å²) >= 11 is 0. The van der Waals surface area contributed by atoms with E-state index < -0.39 is 0 Å². The molecule has 1 aliphatic heterocycles. The third-order valence-corrected chi connectivity index (χ3v) is 7.09. The number of rotatable bonds is 5. The van der Waals surface area contributed by atoms with Crippen LogP contribution in [0.2, 0.25) is 0 Å². The summed E-state index contributed by atoms with van der Waals surface area (Å²) in [6, 6.07) is 14.2. The molecule has 1 aliphatic rings. The van der Waals surface area contributed by atoms with Crippen LogP contribution < -0.4 is 15.2 Å². The highest BCUT2D eigenvalue weighted by Crippen LogP contribution is 2.33. The van der Waals surface area contributed by atoms with Gasteiger partial charge in [-0.05, 0) is 54.2 Å². The zero-order valence-electron chi connectivity index (χ0n) is 20.7. The first-order chi connectivity index (χ1) is 16.2. The van der Waals surface area contributed by atoms with Crippen LogP contribution in [-0.2, 0) is 12.5 Å². The van der Waals surface area contributed by atoms with Crippen molar-refractivity contribution in [3.05, 3.63) is 75.7 Å². The molecule has 2 aromatic heterocycles. The summed E-state index contributed by atoms with van der Waals surface area (Å²) in [6.07, 6.45) is 1.65. The van der Waals surface area contributed by atoms with Crippen molar-refractivity contribution in [2.24, 2.45) is 7.05 Å². The molecule has 0 saturated carbocycles. The SMILES string of the molecule is C=C1CN(c2c(C#N)c(=O)n(C)c3ccc(C)nc23)CC[C@H]1Oc1ccc(C(C)(C)CC)cc1. The lowest BCUT2D eigenvalue weighted by Crippen LogP contribution is -2.41. The Morgan fingerprint density at radius 2 is 1.94 bits per heavy atom. The zero-order chi connectivity index (χ0) is 24.6. The summed E-state index contributed by atoms with van der Waals surface area (Å²) in [7, 11) is 1.68. The molecule has 1 aromatic carbocycles. The summed E-state index contributed by atoms with van der Waals surface area (Å²) < 4.78 is 7.78. The number of pyridine rings is 2. The van der Waals surface area contributed by atoms with E-state index in [1.165, 1.54) is 10.1 Å². The molecule has 6 heteroatoms. The van der Waals surface area contributed by atoms with E-state index in [2.05, 4.69) is 45.6 Å². The van der Waals surface area contributed by atoms with E-state index in [0.29, 0.717) is 36.2 Å². The van der Waals surface area contributed by atoms with Gasteiger partial charge in [-0.1, -0.05) is 39.5 Å². The normalized spacial score (nSPS) is 16.5. The fourth-order valence-electron chi connectivity index (χ4n) is 4.49. The predicted molar refractivity (Wildman–Crippen MR) is 137 cm³/mol. The summed E-state index contributed by atoms with van der Waals surface area (Å²) in [5, 5.41) is 9.83.